The van der Waals surface area contributed by atoms with Crippen molar-refractivity contribution in [3.63, 3.8) is 0 Å². The van der Waals surface area contributed by atoms with Gasteiger partial charge in [0.05, 0.1) is 11.2 Å². The summed E-state index contributed by atoms with van der Waals surface area (Å²) in [7, 11) is 1.70. The second-order valence-corrected chi connectivity index (χ2v) is 5.68. The maximum atomic E-state index is 12.4. The SMILES string of the molecule is Cn1ncc(Cl)c1C(=O)N[C@H]1CCCN(c2ncccn2)C1. The molecule has 1 aliphatic heterocycles. The van der Waals surface area contributed by atoms with Crippen LogP contribution in [0.3, 0.4) is 0 Å². The van der Waals surface area contributed by atoms with Gasteiger partial charge >= 0.3 is 0 Å². The summed E-state index contributed by atoms with van der Waals surface area (Å²) in [5.41, 5.74) is 0.384. The van der Waals surface area contributed by atoms with E-state index in [1.807, 2.05) is 0 Å². The first-order valence-corrected chi connectivity index (χ1v) is 7.53. The molecule has 7 nitrogen and oxygen atoms in total. The summed E-state index contributed by atoms with van der Waals surface area (Å²) in [6.45, 7) is 1.58. The molecule has 0 radical (unpaired) electrons. The molecule has 3 rings (SSSR count). The molecule has 22 heavy (non-hydrogen) atoms. The summed E-state index contributed by atoms with van der Waals surface area (Å²) in [6, 6.07) is 1.83. The van der Waals surface area contributed by atoms with E-state index in [1.54, 1.807) is 25.5 Å². The summed E-state index contributed by atoms with van der Waals surface area (Å²) in [5.74, 6) is 0.492. The fourth-order valence-electron chi connectivity index (χ4n) is 2.65. The van der Waals surface area contributed by atoms with Gasteiger partial charge in [0.15, 0.2) is 0 Å². The van der Waals surface area contributed by atoms with E-state index >= 15 is 0 Å². The van der Waals surface area contributed by atoms with Gasteiger partial charge in [0.25, 0.3) is 5.91 Å². The Morgan fingerprint density at radius 2 is 2.18 bits per heavy atom. The number of aryl methyl sites for hydroxylation is 1. The lowest BCUT2D eigenvalue weighted by atomic mass is 10.1. The number of piperidine rings is 1. The fraction of sp³-hybridized carbons (Fsp3) is 0.429. The maximum Gasteiger partial charge on any atom is 0.271 e. The highest BCUT2D eigenvalue weighted by Crippen LogP contribution is 2.17. The van der Waals surface area contributed by atoms with Crippen LogP contribution in [0.1, 0.15) is 23.3 Å². The minimum absolute atomic E-state index is 0.0380. The second-order valence-electron chi connectivity index (χ2n) is 5.27. The summed E-state index contributed by atoms with van der Waals surface area (Å²) in [5, 5.41) is 7.37. The fourth-order valence-corrected chi connectivity index (χ4v) is 2.90. The number of nitrogens with zero attached hydrogens (tertiary/aromatic N) is 5. The summed E-state index contributed by atoms with van der Waals surface area (Å²) in [4.78, 5) is 23.0. The van der Waals surface area contributed by atoms with Crippen molar-refractivity contribution < 1.29 is 4.79 Å². The third-order valence-corrected chi connectivity index (χ3v) is 3.98. The third-order valence-electron chi connectivity index (χ3n) is 3.70. The summed E-state index contributed by atoms with van der Waals surface area (Å²) in [6.07, 6.45) is 6.81. The molecule has 1 fully saturated rings. The van der Waals surface area contributed by atoms with Crippen molar-refractivity contribution in [3.05, 3.63) is 35.4 Å². The molecule has 0 spiro atoms. The molecule has 0 aromatic carbocycles. The quantitative estimate of drug-likeness (QED) is 0.921. The van der Waals surface area contributed by atoms with Crippen LogP contribution in [0.25, 0.3) is 0 Å². The van der Waals surface area contributed by atoms with Crippen molar-refractivity contribution in [2.75, 3.05) is 18.0 Å². The van der Waals surface area contributed by atoms with Crippen LogP contribution >= 0.6 is 11.6 Å². The number of hydrogen-bond donors (Lipinski definition) is 1. The van der Waals surface area contributed by atoms with Gasteiger partial charge in [-0.2, -0.15) is 5.10 Å². The van der Waals surface area contributed by atoms with Crippen LogP contribution in [0.15, 0.2) is 24.7 Å². The first-order valence-electron chi connectivity index (χ1n) is 7.15. The molecular weight excluding hydrogens is 304 g/mol. The Kier molecular flexibility index (Phi) is 4.24. The van der Waals surface area contributed by atoms with Crippen LogP contribution < -0.4 is 10.2 Å². The lowest BCUT2D eigenvalue weighted by Crippen LogP contribution is -2.48. The van der Waals surface area contributed by atoms with E-state index in [1.165, 1.54) is 10.9 Å². The van der Waals surface area contributed by atoms with Gasteiger partial charge in [-0.25, -0.2) is 9.97 Å². The highest BCUT2D eigenvalue weighted by Gasteiger charge is 2.25. The van der Waals surface area contributed by atoms with E-state index in [4.69, 9.17) is 11.6 Å². The van der Waals surface area contributed by atoms with Gasteiger partial charge in [0, 0.05) is 38.6 Å². The van der Waals surface area contributed by atoms with Gasteiger partial charge in [0.2, 0.25) is 5.95 Å². The van der Waals surface area contributed by atoms with Crippen LogP contribution in [-0.4, -0.2) is 44.8 Å². The number of nitrogens with one attached hydrogen (secondary N) is 1. The van der Waals surface area contributed by atoms with Gasteiger partial charge in [-0.15, -0.1) is 0 Å². The molecule has 0 saturated carbocycles. The predicted octanol–water partition coefficient (Wildman–Crippen LogP) is 1.26. The van der Waals surface area contributed by atoms with Crippen molar-refractivity contribution in [1.29, 1.82) is 0 Å². The van der Waals surface area contributed by atoms with Crippen molar-refractivity contribution in [1.82, 2.24) is 25.1 Å². The molecule has 1 atom stereocenters. The van der Waals surface area contributed by atoms with E-state index in [0.29, 0.717) is 23.2 Å². The van der Waals surface area contributed by atoms with Crippen LogP contribution in [0.5, 0.6) is 0 Å². The van der Waals surface area contributed by atoms with E-state index in [0.717, 1.165) is 19.4 Å². The zero-order valence-corrected chi connectivity index (χ0v) is 13.0. The van der Waals surface area contributed by atoms with Gasteiger partial charge in [0.1, 0.15) is 5.69 Å². The molecule has 3 heterocycles. The number of carbonyl (C=O) groups is 1. The zero-order chi connectivity index (χ0) is 15.5. The molecule has 8 heteroatoms. The number of anilines is 1. The normalized spacial score (nSPS) is 18.3. The van der Waals surface area contributed by atoms with Gasteiger partial charge in [-0.3, -0.25) is 9.48 Å². The van der Waals surface area contributed by atoms with E-state index in [2.05, 4.69) is 25.3 Å². The molecule has 1 N–H and O–H groups in total. The van der Waals surface area contributed by atoms with Crippen molar-refractivity contribution in [3.8, 4) is 0 Å². The summed E-state index contributed by atoms with van der Waals surface area (Å²) < 4.78 is 1.48. The first kappa shape index (κ1) is 14.8. The maximum absolute atomic E-state index is 12.4. The molecule has 1 aliphatic rings. The lowest BCUT2D eigenvalue weighted by Gasteiger charge is -2.33. The van der Waals surface area contributed by atoms with Gasteiger partial charge in [-0.1, -0.05) is 11.6 Å². The average molecular weight is 321 g/mol. The molecule has 2 aromatic rings. The monoisotopic (exact) mass is 320 g/mol. The number of rotatable bonds is 3. The third kappa shape index (κ3) is 3.04. The lowest BCUT2D eigenvalue weighted by molar-refractivity contribution is 0.0923. The molecule has 0 aliphatic carbocycles. The average Bonchev–Trinajstić information content (AvgIpc) is 2.87. The molecule has 1 saturated heterocycles. The van der Waals surface area contributed by atoms with Gasteiger partial charge in [-0.05, 0) is 18.9 Å². The summed E-state index contributed by atoms with van der Waals surface area (Å²) >= 11 is 6.01. The Balaban J connectivity index is 1.67. The minimum Gasteiger partial charge on any atom is -0.346 e. The standard InChI is InChI=1S/C14H17ClN6O/c1-20-12(11(15)8-18-20)13(22)19-10-4-2-7-21(9-10)14-16-5-3-6-17-14/h3,5-6,8,10H,2,4,7,9H2,1H3,(H,19,22)/t10-/m0/s1. The smallest absolute Gasteiger partial charge is 0.271 e. The Labute approximate surface area is 133 Å². The molecular formula is C14H17ClN6O. The Morgan fingerprint density at radius 3 is 2.86 bits per heavy atom. The van der Waals surface area contributed by atoms with Crippen LogP contribution in [-0.2, 0) is 7.05 Å². The predicted molar refractivity (Wildman–Crippen MR) is 83.0 cm³/mol. The van der Waals surface area contributed by atoms with Gasteiger partial charge < -0.3 is 10.2 Å². The van der Waals surface area contributed by atoms with Crippen LogP contribution in [0.4, 0.5) is 5.95 Å². The minimum atomic E-state index is -0.203. The molecule has 116 valence electrons. The number of amides is 1. The van der Waals surface area contributed by atoms with E-state index in [9.17, 15) is 4.79 Å². The van der Waals surface area contributed by atoms with Crippen molar-refractivity contribution in [2.45, 2.75) is 18.9 Å². The second kappa shape index (κ2) is 6.31. The Morgan fingerprint density at radius 1 is 1.41 bits per heavy atom. The molecule has 2 aromatic heterocycles. The van der Waals surface area contributed by atoms with E-state index in [-0.39, 0.29) is 11.9 Å². The van der Waals surface area contributed by atoms with Crippen molar-refractivity contribution >= 4 is 23.5 Å². The van der Waals surface area contributed by atoms with Crippen LogP contribution in [0, 0.1) is 0 Å². The highest BCUT2D eigenvalue weighted by atomic mass is 35.5. The number of hydrogen-bond acceptors (Lipinski definition) is 5. The highest BCUT2D eigenvalue weighted by molar-refractivity contribution is 6.33. The van der Waals surface area contributed by atoms with E-state index < -0.39 is 0 Å². The molecule has 0 unspecified atom stereocenters. The topological polar surface area (TPSA) is 75.9 Å². The largest absolute Gasteiger partial charge is 0.346 e. The van der Waals surface area contributed by atoms with Crippen LogP contribution in [0.2, 0.25) is 5.02 Å². The zero-order valence-electron chi connectivity index (χ0n) is 12.2. The molecule has 1 amide bonds. The Bertz CT molecular complexity index is 639. The first-order chi connectivity index (χ1) is 10.6. The number of carbonyl (C=O) groups excluding carboxylic acids is 1. The molecule has 0 bridgehead atoms. The Hall–Kier alpha value is -2.15. The number of aromatic nitrogens is 4. The number of halogens is 1. The van der Waals surface area contributed by atoms with Crippen molar-refractivity contribution in [2.24, 2.45) is 7.05 Å².